The number of carbonyl (C=O) groups excluding carboxylic acids is 3. The number of esters is 1. The Kier molecular flexibility index (Phi) is 7.13. The fourth-order valence-electron chi connectivity index (χ4n) is 2.30. The number of halogens is 2. The molecular weight excluding hydrogens is 377 g/mol. The number of amides is 3. The Morgan fingerprint density at radius 2 is 1.89 bits per heavy atom. The second-order valence-corrected chi connectivity index (χ2v) is 5.91. The van der Waals surface area contributed by atoms with Crippen LogP contribution < -0.4 is 16.4 Å². The van der Waals surface area contributed by atoms with Crippen LogP contribution in [0.5, 0.6) is 0 Å². The van der Waals surface area contributed by atoms with Gasteiger partial charge < -0.3 is 21.1 Å². The zero-order valence-corrected chi connectivity index (χ0v) is 14.8. The van der Waals surface area contributed by atoms with Crippen molar-refractivity contribution in [1.29, 1.82) is 0 Å². The molecule has 0 spiro atoms. The van der Waals surface area contributed by atoms with Crippen LogP contribution in [0.25, 0.3) is 0 Å². The van der Waals surface area contributed by atoms with Crippen LogP contribution in [0.4, 0.5) is 14.9 Å². The van der Waals surface area contributed by atoms with Gasteiger partial charge in [-0.25, -0.2) is 9.18 Å². The summed E-state index contributed by atoms with van der Waals surface area (Å²) in [5.41, 5.74) is 5.86. The topological polar surface area (TPSA) is 111 Å². The molecule has 142 valence electrons. The maximum absolute atomic E-state index is 13.1. The van der Waals surface area contributed by atoms with Crippen molar-refractivity contribution in [3.05, 3.63) is 64.9 Å². The average Bonchev–Trinajstić information content (AvgIpc) is 2.59. The van der Waals surface area contributed by atoms with Crippen LogP contribution in [0.3, 0.4) is 0 Å². The molecule has 0 fully saturated rings. The molecule has 0 aliphatic carbocycles. The minimum atomic E-state index is -0.837. The normalized spacial score (nSPS) is 11.3. The van der Waals surface area contributed by atoms with Gasteiger partial charge in [0.2, 0.25) is 0 Å². The number of rotatable bonds is 7. The highest BCUT2D eigenvalue weighted by Gasteiger charge is 2.21. The SMILES string of the molecule is NC(=O)N[C@@H](CC(=O)OCC(=O)Nc1cccc(F)c1)c1ccccc1Cl. The van der Waals surface area contributed by atoms with Crippen LogP contribution in [0, 0.1) is 5.82 Å². The molecule has 0 saturated heterocycles. The molecule has 4 N–H and O–H groups in total. The van der Waals surface area contributed by atoms with Crippen molar-refractivity contribution in [2.75, 3.05) is 11.9 Å². The van der Waals surface area contributed by atoms with Gasteiger partial charge in [0.25, 0.3) is 5.91 Å². The van der Waals surface area contributed by atoms with Crippen molar-refractivity contribution in [2.45, 2.75) is 12.5 Å². The molecular formula is C18H17ClFN3O4. The van der Waals surface area contributed by atoms with Crippen LogP contribution in [-0.4, -0.2) is 24.5 Å². The fraction of sp³-hybridized carbons (Fsp3) is 0.167. The standard InChI is InChI=1S/C18H17ClFN3O4/c19-14-7-2-1-6-13(14)15(23-18(21)26)9-17(25)27-10-16(24)22-12-5-3-4-11(20)8-12/h1-8,15H,9-10H2,(H,22,24)(H3,21,23,26)/t15-/m0/s1. The molecule has 0 unspecified atom stereocenters. The number of benzene rings is 2. The van der Waals surface area contributed by atoms with Gasteiger partial charge in [-0.05, 0) is 29.8 Å². The van der Waals surface area contributed by atoms with Crippen molar-refractivity contribution < 1.29 is 23.5 Å². The Morgan fingerprint density at radius 3 is 2.56 bits per heavy atom. The molecule has 2 rings (SSSR count). The molecule has 0 bridgehead atoms. The van der Waals surface area contributed by atoms with Gasteiger partial charge in [0, 0.05) is 10.7 Å². The molecule has 0 radical (unpaired) electrons. The largest absolute Gasteiger partial charge is 0.455 e. The first-order valence-corrected chi connectivity index (χ1v) is 8.24. The van der Waals surface area contributed by atoms with Gasteiger partial charge in [-0.2, -0.15) is 0 Å². The van der Waals surface area contributed by atoms with E-state index in [0.717, 1.165) is 6.07 Å². The van der Waals surface area contributed by atoms with E-state index in [2.05, 4.69) is 10.6 Å². The molecule has 9 heteroatoms. The van der Waals surface area contributed by atoms with Crippen LogP contribution in [-0.2, 0) is 14.3 Å². The Bertz CT molecular complexity index is 847. The predicted molar refractivity (Wildman–Crippen MR) is 97.5 cm³/mol. The first kappa shape index (κ1) is 20.2. The van der Waals surface area contributed by atoms with Crippen molar-refractivity contribution in [1.82, 2.24) is 5.32 Å². The zero-order chi connectivity index (χ0) is 19.8. The number of urea groups is 1. The van der Waals surface area contributed by atoms with E-state index in [1.807, 2.05) is 0 Å². The smallest absolute Gasteiger partial charge is 0.312 e. The first-order chi connectivity index (χ1) is 12.8. The Hall–Kier alpha value is -3.13. The van der Waals surface area contributed by atoms with Crippen LogP contribution in [0.2, 0.25) is 5.02 Å². The Labute approximate surface area is 159 Å². The third kappa shape index (κ3) is 6.59. The molecule has 1 atom stereocenters. The van der Waals surface area contributed by atoms with Gasteiger partial charge in [0.05, 0.1) is 12.5 Å². The third-order valence-corrected chi connectivity index (χ3v) is 3.78. The molecule has 3 amide bonds. The maximum atomic E-state index is 13.1. The lowest BCUT2D eigenvalue weighted by Gasteiger charge is -2.18. The Morgan fingerprint density at radius 1 is 1.15 bits per heavy atom. The lowest BCUT2D eigenvalue weighted by molar-refractivity contribution is -0.147. The molecule has 7 nitrogen and oxygen atoms in total. The van der Waals surface area contributed by atoms with Gasteiger partial charge in [-0.1, -0.05) is 35.9 Å². The average molecular weight is 394 g/mol. The zero-order valence-electron chi connectivity index (χ0n) is 14.1. The van der Waals surface area contributed by atoms with Gasteiger partial charge in [0.1, 0.15) is 5.82 Å². The van der Waals surface area contributed by atoms with E-state index in [4.69, 9.17) is 22.1 Å². The van der Waals surface area contributed by atoms with E-state index in [0.29, 0.717) is 10.6 Å². The van der Waals surface area contributed by atoms with Crippen LogP contribution >= 0.6 is 11.6 Å². The fourth-order valence-corrected chi connectivity index (χ4v) is 2.57. The summed E-state index contributed by atoms with van der Waals surface area (Å²) in [6, 6.07) is 10.3. The highest BCUT2D eigenvalue weighted by Crippen LogP contribution is 2.25. The van der Waals surface area contributed by atoms with Crippen molar-refractivity contribution >= 4 is 35.2 Å². The number of hydrogen-bond acceptors (Lipinski definition) is 4. The van der Waals surface area contributed by atoms with Crippen LogP contribution in [0.1, 0.15) is 18.0 Å². The molecule has 0 aliphatic heterocycles. The van der Waals surface area contributed by atoms with Gasteiger partial charge in [-0.15, -0.1) is 0 Å². The first-order valence-electron chi connectivity index (χ1n) is 7.86. The summed E-state index contributed by atoms with van der Waals surface area (Å²) in [4.78, 5) is 35.0. The summed E-state index contributed by atoms with van der Waals surface area (Å²) >= 11 is 6.08. The van der Waals surface area contributed by atoms with E-state index in [9.17, 15) is 18.8 Å². The highest BCUT2D eigenvalue weighted by atomic mass is 35.5. The third-order valence-electron chi connectivity index (χ3n) is 3.44. The number of nitrogens with two attached hydrogens (primary N) is 1. The maximum Gasteiger partial charge on any atom is 0.312 e. The summed E-state index contributed by atoms with van der Waals surface area (Å²) in [7, 11) is 0. The lowest BCUT2D eigenvalue weighted by Crippen LogP contribution is -2.35. The second kappa shape index (κ2) is 9.54. The minimum Gasteiger partial charge on any atom is -0.455 e. The summed E-state index contributed by atoms with van der Waals surface area (Å²) in [6.07, 6.45) is -0.278. The molecule has 2 aromatic carbocycles. The van der Waals surface area contributed by atoms with E-state index >= 15 is 0 Å². The van der Waals surface area contributed by atoms with Gasteiger partial charge in [0.15, 0.2) is 6.61 Å². The molecule has 0 heterocycles. The molecule has 0 aromatic heterocycles. The highest BCUT2D eigenvalue weighted by molar-refractivity contribution is 6.31. The number of primary amides is 1. The van der Waals surface area contributed by atoms with Crippen LogP contribution in [0.15, 0.2) is 48.5 Å². The number of anilines is 1. The number of carbonyl (C=O) groups is 3. The number of nitrogens with one attached hydrogen (secondary N) is 2. The number of hydrogen-bond donors (Lipinski definition) is 3. The molecule has 2 aromatic rings. The summed E-state index contributed by atoms with van der Waals surface area (Å²) in [5.74, 6) is -1.89. The second-order valence-electron chi connectivity index (χ2n) is 5.51. The summed E-state index contributed by atoms with van der Waals surface area (Å²) < 4.78 is 18.0. The van der Waals surface area contributed by atoms with Crippen molar-refractivity contribution in [3.8, 4) is 0 Å². The minimum absolute atomic E-state index is 0.236. The summed E-state index contributed by atoms with van der Waals surface area (Å²) in [5, 5.41) is 5.15. The van der Waals surface area contributed by atoms with E-state index in [1.54, 1.807) is 24.3 Å². The van der Waals surface area contributed by atoms with Gasteiger partial charge in [-0.3, -0.25) is 9.59 Å². The quantitative estimate of drug-likeness (QED) is 0.628. The van der Waals surface area contributed by atoms with E-state index < -0.39 is 36.4 Å². The molecule has 0 aliphatic rings. The molecule has 27 heavy (non-hydrogen) atoms. The van der Waals surface area contributed by atoms with E-state index in [1.165, 1.54) is 18.2 Å². The predicted octanol–water partition coefficient (Wildman–Crippen LogP) is 2.76. The lowest BCUT2D eigenvalue weighted by atomic mass is 10.0. The van der Waals surface area contributed by atoms with Gasteiger partial charge >= 0.3 is 12.0 Å². The van der Waals surface area contributed by atoms with Crippen molar-refractivity contribution in [2.24, 2.45) is 5.73 Å². The summed E-state index contributed by atoms with van der Waals surface area (Å²) in [6.45, 7) is -0.568. The van der Waals surface area contributed by atoms with E-state index in [-0.39, 0.29) is 12.1 Å². The number of ether oxygens (including phenoxy) is 1. The monoisotopic (exact) mass is 393 g/mol. The Balaban J connectivity index is 1.92. The van der Waals surface area contributed by atoms with Crippen molar-refractivity contribution in [3.63, 3.8) is 0 Å². The molecule has 0 saturated carbocycles.